The van der Waals surface area contributed by atoms with Crippen LogP contribution in [0.1, 0.15) is 30.4 Å². The maximum atomic E-state index is 11.5. The van der Waals surface area contributed by atoms with Gasteiger partial charge in [-0.05, 0) is 49.8 Å². The van der Waals surface area contributed by atoms with Gasteiger partial charge in [0.15, 0.2) is 0 Å². The minimum absolute atomic E-state index is 0.201. The van der Waals surface area contributed by atoms with Crippen LogP contribution in [0.2, 0.25) is 0 Å². The van der Waals surface area contributed by atoms with Crippen molar-refractivity contribution in [2.75, 3.05) is 31.1 Å². The summed E-state index contributed by atoms with van der Waals surface area (Å²) in [5, 5.41) is 2.97. The van der Waals surface area contributed by atoms with Gasteiger partial charge in [-0.2, -0.15) is 0 Å². The van der Waals surface area contributed by atoms with Gasteiger partial charge in [0.05, 0.1) is 12.2 Å². The molecule has 4 heteroatoms. The maximum absolute atomic E-state index is 11.5. The number of ether oxygens (including phenoxy) is 1. The van der Waals surface area contributed by atoms with Crippen LogP contribution in [0.4, 0.5) is 5.69 Å². The maximum Gasteiger partial charge on any atom is 0.220 e. The zero-order valence-electron chi connectivity index (χ0n) is 12.9. The van der Waals surface area contributed by atoms with Crippen LogP contribution < -0.4 is 15.0 Å². The van der Waals surface area contributed by atoms with Crippen LogP contribution >= 0.6 is 0 Å². The highest BCUT2D eigenvalue weighted by atomic mass is 16.5. The summed E-state index contributed by atoms with van der Waals surface area (Å²) < 4.78 is 5.86. The Morgan fingerprint density at radius 3 is 3.05 bits per heavy atom. The number of nitrogens with zero attached hydrogens (tertiary/aromatic N) is 1. The average Bonchev–Trinajstić information content (AvgIpc) is 2.65. The van der Waals surface area contributed by atoms with Gasteiger partial charge in [0, 0.05) is 19.5 Å². The Balaban J connectivity index is 1.77. The van der Waals surface area contributed by atoms with E-state index in [1.54, 1.807) is 0 Å². The largest absolute Gasteiger partial charge is 0.489 e. The molecule has 0 bridgehead atoms. The van der Waals surface area contributed by atoms with Crippen LogP contribution in [0.3, 0.4) is 0 Å². The minimum atomic E-state index is 0.201. The van der Waals surface area contributed by atoms with Gasteiger partial charge in [0.2, 0.25) is 5.91 Å². The van der Waals surface area contributed by atoms with Crippen LogP contribution in [0.15, 0.2) is 12.1 Å². The topological polar surface area (TPSA) is 41.6 Å². The van der Waals surface area contributed by atoms with Gasteiger partial charge < -0.3 is 15.0 Å². The second kappa shape index (κ2) is 5.96. The van der Waals surface area contributed by atoms with Gasteiger partial charge in [-0.25, -0.2) is 0 Å². The Morgan fingerprint density at radius 2 is 2.19 bits per heavy atom. The van der Waals surface area contributed by atoms with E-state index < -0.39 is 0 Å². The highest BCUT2D eigenvalue weighted by Crippen LogP contribution is 2.36. The lowest BCUT2D eigenvalue weighted by atomic mass is 9.98. The number of carbonyl (C=O) groups is 1. The molecule has 1 unspecified atom stereocenters. The number of rotatable bonds is 2. The minimum Gasteiger partial charge on any atom is -0.489 e. The molecule has 0 aliphatic carbocycles. The predicted molar refractivity (Wildman–Crippen MR) is 84.0 cm³/mol. The SMILES string of the molecule is Cc1cc(C)c2c(c1)N(CC1CCNC(=O)CC1)CCO2. The highest BCUT2D eigenvalue weighted by molar-refractivity contribution is 5.76. The number of carbonyl (C=O) groups excluding carboxylic acids is 1. The molecule has 1 amide bonds. The second-order valence-corrected chi connectivity index (χ2v) is 6.27. The number of benzene rings is 1. The molecule has 1 atom stereocenters. The lowest BCUT2D eigenvalue weighted by Gasteiger charge is -2.34. The third-order valence-corrected chi connectivity index (χ3v) is 4.48. The Morgan fingerprint density at radius 1 is 1.33 bits per heavy atom. The summed E-state index contributed by atoms with van der Waals surface area (Å²) in [6, 6.07) is 4.40. The van der Waals surface area contributed by atoms with Crippen LogP contribution in [0.5, 0.6) is 5.75 Å². The van der Waals surface area contributed by atoms with Gasteiger partial charge in [-0.3, -0.25) is 4.79 Å². The zero-order chi connectivity index (χ0) is 14.8. The van der Waals surface area contributed by atoms with Gasteiger partial charge in [0.1, 0.15) is 12.4 Å². The van der Waals surface area contributed by atoms with Crippen molar-refractivity contribution in [1.29, 1.82) is 0 Å². The third-order valence-electron chi connectivity index (χ3n) is 4.48. The van der Waals surface area contributed by atoms with Gasteiger partial charge in [-0.1, -0.05) is 6.07 Å². The number of hydrogen-bond acceptors (Lipinski definition) is 3. The number of amides is 1. The lowest BCUT2D eigenvalue weighted by molar-refractivity contribution is -0.120. The Labute approximate surface area is 126 Å². The number of aryl methyl sites for hydroxylation is 2. The summed E-state index contributed by atoms with van der Waals surface area (Å²) >= 11 is 0. The van der Waals surface area contributed by atoms with E-state index in [2.05, 4.69) is 36.2 Å². The fraction of sp³-hybridized carbons (Fsp3) is 0.588. The van der Waals surface area contributed by atoms with Gasteiger partial charge in [0.25, 0.3) is 0 Å². The van der Waals surface area contributed by atoms with Crippen molar-refractivity contribution in [3.63, 3.8) is 0 Å². The number of hydrogen-bond donors (Lipinski definition) is 1. The molecule has 0 aromatic heterocycles. The summed E-state index contributed by atoms with van der Waals surface area (Å²) in [6.45, 7) is 7.77. The van der Waals surface area contributed by atoms with E-state index in [-0.39, 0.29) is 5.91 Å². The van der Waals surface area contributed by atoms with E-state index in [9.17, 15) is 4.79 Å². The molecule has 1 saturated heterocycles. The molecule has 0 saturated carbocycles. The second-order valence-electron chi connectivity index (χ2n) is 6.27. The lowest BCUT2D eigenvalue weighted by Crippen LogP contribution is -2.37. The van der Waals surface area contributed by atoms with Crippen molar-refractivity contribution in [3.05, 3.63) is 23.3 Å². The molecule has 2 aliphatic heterocycles. The van der Waals surface area contributed by atoms with E-state index in [0.717, 1.165) is 44.8 Å². The van der Waals surface area contributed by atoms with E-state index in [1.807, 2.05) is 0 Å². The van der Waals surface area contributed by atoms with E-state index in [4.69, 9.17) is 4.74 Å². The fourth-order valence-electron chi connectivity index (χ4n) is 3.40. The number of anilines is 1. The van der Waals surface area contributed by atoms with E-state index >= 15 is 0 Å². The molecule has 1 fully saturated rings. The normalized spacial score (nSPS) is 22.1. The first-order chi connectivity index (χ1) is 10.1. The van der Waals surface area contributed by atoms with Crippen molar-refractivity contribution in [3.8, 4) is 5.75 Å². The molecule has 3 rings (SSSR count). The fourth-order valence-corrected chi connectivity index (χ4v) is 3.40. The average molecular weight is 288 g/mol. The van der Waals surface area contributed by atoms with Crippen molar-refractivity contribution in [2.24, 2.45) is 5.92 Å². The number of fused-ring (bicyclic) bond motifs is 1. The van der Waals surface area contributed by atoms with E-state index in [1.165, 1.54) is 16.8 Å². The first kappa shape index (κ1) is 14.2. The smallest absolute Gasteiger partial charge is 0.220 e. The molecule has 21 heavy (non-hydrogen) atoms. The van der Waals surface area contributed by atoms with Crippen LogP contribution in [-0.4, -0.2) is 32.1 Å². The summed E-state index contributed by atoms with van der Waals surface area (Å²) in [5.74, 6) is 1.82. The zero-order valence-corrected chi connectivity index (χ0v) is 12.9. The summed E-state index contributed by atoms with van der Waals surface area (Å²) in [7, 11) is 0. The predicted octanol–water partition coefficient (Wildman–Crippen LogP) is 2.42. The molecule has 1 aromatic carbocycles. The van der Waals surface area contributed by atoms with Gasteiger partial charge in [-0.15, -0.1) is 0 Å². The third kappa shape index (κ3) is 3.14. The highest BCUT2D eigenvalue weighted by Gasteiger charge is 2.24. The molecule has 114 valence electrons. The Bertz CT molecular complexity index is 542. The molecular weight excluding hydrogens is 264 g/mol. The van der Waals surface area contributed by atoms with Crippen LogP contribution in [0, 0.1) is 19.8 Å². The van der Waals surface area contributed by atoms with Crippen LogP contribution in [-0.2, 0) is 4.79 Å². The van der Waals surface area contributed by atoms with Crippen molar-refractivity contribution in [1.82, 2.24) is 5.32 Å². The van der Waals surface area contributed by atoms with Crippen molar-refractivity contribution in [2.45, 2.75) is 33.1 Å². The van der Waals surface area contributed by atoms with Crippen molar-refractivity contribution >= 4 is 11.6 Å². The molecular formula is C17H24N2O2. The van der Waals surface area contributed by atoms with Crippen LogP contribution in [0.25, 0.3) is 0 Å². The molecule has 2 heterocycles. The molecule has 4 nitrogen and oxygen atoms in total. The Kier molecular flexibility index (Phi) is 4.04. The quantitative estimate of drug-likeness (QED) is 0.908. The first-order valence-corrected chi connectivity index (χ1v) is 7.89. The standard InChI is InChI=1S/C17H24N2O2/c1-12-9-13(2)17-15(10-12)19(7-8-21-17)11-14-3-4-16(20)18-6-5-14/h9-10,14H,3-8,11H2,1-2H3,(H,18,20). The summed E-state index contributed by atoms with van der Waals surface area (Å²) in [4.78, 5) is 13.9. The molecule has 1 aromatic rings. The Hall–Kier alpha value is -1.71. The monoisotopic (exact) mass is 288 g/mol. The number of nitrogens with one attached hydrogen (secondary N) is 1. The summed E-state index contributed by atoms with van der Waals surface area (Å²) in [6.07, 6.45) is 2.72. The van der Waals surface area contributed by atoms with Gasteiger partial charge >= 0.3 is 0 Å². The molecule has 1 N–H and O–H groups in total. The summed E-state index contributed by atoms with van der Waals surface area (Å²) in [5.41, 5.74) is 3.72. The van der Waals surface area contributed by atoms with E-state index in [0.29, 0.717) is 12.3 Å². The van der Waals surface area contributed by atoms with Crippen molar-refractivity contribution < 1.29 is 9.53 Å². The molecule has 0 radical (unpaired) electrons. The first-order valence-electron chi connectivity index (χ1n) is 7.89. The molecule has 0 spiro atoms. The molecule has 2 aliphatic rings.